The molecule has 4 heteroatoms. The monoisotopic (exact) mass is 323 g/mol. The van der Waals surface area contributed by atoms with Crippen molar-refractivity contribution in [2.75, 3.05) is 6.54 Å². The van der Waals surface area contributed by atoms with Gasteiger partial charge in [0.15, 0.2) is 0 Å². The number of hydrogen-bond acceptors (Lipinski definition) is 2. The predicted octanol–water partition coefficient (Wildman–Crippen LogP) is 4.31. The van der Waals surface area contributed by atoms with Crippen LogP contribution in [0.3, 0.4) is 0 Å². The number of carbonyl (C=O) groups is 1. The van der Waals surface area contributed by atoms with Crippen LogP contribution in [0.4, 0.5) is 0 Å². The van der Waals surface area contributed by atoms with Gasteiger partial charge in [0.1, 0.15) is 0 Å². The van der Waals surface area contributed by atoms with Crippen LogP contribution in [-0.4, -0.2) is 23.7 Å². The van der Waals surface area contributed by atoms with Crippen molar-refractivity contribution in [2.45, 2.75) is 51.5 Å². The summed E-state index contributed by atoms with van der Waals surface area (Å²) in [5.74, 6) is -0.228. The van der Waals surface area contributed by atoms with Gasteiger partial charge in [0.2, 0.25) is 0 Å². The molecule has 0 amide bonds. The molecule has 1 aliphatic carbocycles. The standard InChI is InChI=1S/C18H26ClNO2/c1-12(2)10-13(18(21)22)11-20-17-9-5-7-15(17)14-6-3-4-8-16(14)19/h3-4,6,8,12-13,15,17,20H,5,7,9-11H2,1-2H3,(H,21,22). The highest BCUT2D eigenvalue weighted by Crippen LogP contribution is 2.37. The van der Waals surface area contributed by atoms with Gasteiger partial charge in [0.05, 0.1) is 5.92 Å². The van der Waals surface area contributed by atoms with E-state index >= 15 is 0 Å². The number of benzene rings is 1. The fourth-order valence-electron chi connectivity index (χ4n) is 3.49. The first-order chi connectivity index (χ1) is 10.5. The van der Waals surface area contributed by atoms with E-state index in [0.717, 1.165) is 24.3 Å². The molecule has 3 atom stereocenters. The predicted molar refractivity (Wildman–Crippen MR) is 90.4 cm³/mol. The molecule has 1 fully saturated rings. The van der Waals surface area contributed by atoms with Crippen LogP contribution in [0.25, 0.3) is 0 Å². The molecule has 0 aliphatic heterocycles. The summed E-state index contributed by atoms with van der Waals surface area (Å²) in [6.45, 7) is 4.68. The van der Waals surface area contributed by atoms with Gasteiger partial charge < -0.3 is 10.4 Å². The van der Waals surface area contributed by atoms with Crippen LogP contribution in [0.15, 0.2) is 24.3 Å². The molecule has 2 rings (SSSR count). The molecule has 0 bridgehead atoms. The molecule has 0 spiro atoms. The first-order valence-corrected chi connectivity index (χ1v) is 8.57. The van der Waals surface area contributed by atoms with Crippen molar-refractivity contribution < 1.29 is 9.90 Å². The van der Waals surface area contributed by atoms with E-state index in [0.29, 0.717) is 30.8 Å². The molecule has 3 nitrogen and oxygen atoms in total. The second-order valence-electron chi connectivity index (χ2n) is 6.74. The maximum Gasteiger partial charge on any atom is 0.307 e. The Morgan fingerprint density at radius 2 is 2.09 bits per heavy atom. The maximum atomic E-state index is 11.4. The molecule has 0 heterocycles. The fourth-order valence-corrected chi connectivity index (χ4v) is 3.76. The van der Waals surface area contributed by atoms with E-state index in [1.807, 2.05) is 18.2 Å². The van der Waals surface area contributed by atoms with Crippen LogP contribution in [0.2, 0.25) is 5.02 Å². The van der Waals surface area contributed by atoms with Crippen molar-refractivity contribution in [3.05, 3.63) is 34.9 Å². The normalized spacial score (nSPS) is 22.9. The number of aliphatic carboxylic acids is 1. The Morgan fingerprint density at radius 1 is 1.36 bits per heavy atom. The smallest absolute Gasteiger partial charge is 0.307 e. The van der Waals surface area contributed by atoms with Gasteiger partial charge in [-0.2, -0.15) is 0 Å². The molecule has 22 heavy (non-hydrogen) atoms. The number of hydrogen-bond donors (Lipinski definition) is 2. The third-order valence-corrected chi connectivity index (χ3v) is 4.90. The van der Waals surface area contributed by atoms with Crippen molar-refractivity contribution in [1.82, 2.24) is 5.32 Å². The average Bonchev–Trinajstić information content (AvgIpc) is 2.91. The fraction of sp³-hybridized carbons (Fsp3) is 0.611. The van der Waals surface area contributed by atoms with Gasteiger partial charge in [-0.25, -0.2) is 0 Å². The van der Waals surface area contributed by atoms with Gasteiger partial charge >= 0.3 is 5.97 Å². The Kier molecular flexibility index (Phi) is 6.27. The van der Waals surface area contributed by atoms with Gasteiger partial charge in [0.25, 0.3) is 0 Å². The summed E-state index contributed by atoms with van der Waals surface area (Å²) in [5.41, 5.74) is 1.19. The van der Waals surface area contributed by atoms with Crippen LogP contribution < -0.4 is 5.32 Å². The molecule has 0 saturated heterocycles. The quantitative estimate of drug-likeness (QED) is 0.786. The van der Waals surface area contributed by atoms with E-state index in [1.54, 1.807) is 0 Å². The molecule has 1 aliphatic rings. The van der Waals surface area contributed by atoms with E-state index in [-0.39, 0.29) is 5.92 Å². The number of nitrogens with one attached hydrogen (secondary N) is 1. The zero-order valence-corrected chi connectivity index (χ0v) is 14.1. The van der Waals surface area contributed by atoms with Crippen LogP contribution in [-0.2, 0) is 4.79 Å². The summed E-state index contributed by atoms with van der Waals surface area (Å²) >= 11 is 6.33. The number of halogens is 1. The Hall–Kier alpha value is -1.06. The minimum atomic E-state index is -0.700. The van der Waals surface area contributed by atoms with Crippen molar-refractivity contribution >= 4 is 17.6 Å². The topological polar surface area (TPSA) is 49.3 Å². The van der Waals surface area contributed by atoms with E-state index in [1.165, 1.54) is 5.56 Å². The number of rotatable bonds is 7. The molecule has 1 saturated carbocycles. The van der Waals surface area contributed by atoms with E-state index in [4.69, 9.17) is 11.6 Å². The summed E-state index contributed by atoms with van der Waals surface area (Å²) in [5, 5.41) is 13.7. The largest absolute Gasteiger partial charge is 0.481 e. The first kappa shape index (κ1) is 17.3. The minimum Gasteiger partial charge on any atom is -0.481 e. The minimum absolute atomic E-state index is 0.313. The Bertz CT molecular complexity index is 504. The number of carboxylic acids is 1. The van der Waals surface area contributed by atoms with Gasteiger partial charge in [-0.3, -0.25) is 4.79 Å². The maximum absolute atomic E-state index is 11.4. The summed E-state index contributed by atoms with van der Waals surface area (Å²) in [7, 11) is 0. The lowest BCUT2D eigenvalue weighted by atomic mass is 9.92. The Balaban J connectivity index is 1.99. The summed E-state index contributed by atoms with van der Waals surface area (Å²) < 4.78 is 0. The number of carboxylic acid groups (broad SMARTS) is 1. The lowest BCUT2D eigenvalue weighted by Gasteiger charge is -2.24. The zero-order valence-electron chi connectivity index (χ0n) is 13.4. The molecule has 0 aromatic heterocycles. The molecule has 1 aromatic carbocycles. The average molecular weight is 324 g/mol. The van der Waals surface area contributed by atoms with Crippen molar-refractivity contribution in [2.24, 2.45) is 11.8 Å². The highest BCUT2D eigenvalue weighted by Gasteiger charge is 2.30. The molecular weight excluding hydrogens is 298 g/mol. The van der Waals surface area contributed by atoms with Crippen LogP contribution in [0.1, 0.15) is 51.0 Å². The van der Waals surface area contributed by atoms with Gasteiger partial charge in [-0.15, -0.1) is 0 Å². The van der Waals surface area contributed by atoms with Gasteiger partial charge in [-0.1, -0.05) is 50.1 Å². The van der Waals surface area contributed by atoms with E-state index in [2.05, 4.69) is 25.2 Å². The molecule has 1 aromatic rings. The van der Waals surface area contributed by atoms with E-state index < -0.39 is 5.97 Å². The molecule has 0 radical (unpaired) electrons. The molecular formula is C18H26ClNO2. The Labute approximate surface area is 138 Å². The lowest BCUT2D eigenvalue weighted by molar-refractivity contribution is -0.142. The first-order valence-electron chi connectivity index (χ1n) is 8.19. The third kappa shape index (κ3) is 4.47. The summed E-state index contributed by atoms with van der Waals surface area (Å²) in [6.07, 6.45) is 4.08. The molecule has 2 N–H and O–H groups in total. The highest BCUT2D eigenvalue weighted by atomic mass is 35.5. The van der Waals surface area contributed by atoms with E-state index in [9.17, 15) is 9.90 Å². The summed E-state index contributed by atoms with van der Waals surface area (Å²) in [6, 6.07) is 8.33. The van der Waals surface area contributed by atoms with Crippen molar-refractivity contribution in [3.63, 3.8) is 0 Å². The second kappa shape index (κ2) is 7.98. The van der Waals surface area contributed by atoms with Crippen molar-refractivity contribution in [3.8, 4) is 0 Å². The van der Waals surface area contributed by atoms with Gasteiger partial charge in [0, 0.05) is 23.5 Å². The van der Waals surface area contributed by atoms with Crippen LogP contribution in [0, 0.1) is 11.8 Å². The highest BCUT2D eigenvalue weighted by molar-refractivity contribution is 6.31. The lowest BCUT2D eigenvalue weighted by Crippen LogP contribution is -2.38. The second-order valence-corrected chi connectivity index (χ2v) is 7.15. The third-order valence-electron chi connectivity index (χ3n) is 4.55. The van der Waals surface area contributed by atoms with Crippen LogP contribution >= 0.6 is 11.6 Å². The molecule has 3 unspecified atom stereocenters. The van der Waals surface area contributed by atoms with Crippen LogP contribution in [0.5, 0.6) is 0 Å². The molecule has 122 valence electrons. The zero-order chi connectivity index (χ0) is 16.1. The Morgan fingerprint density at radius 3 is 2.73 bits per heavy atom. The van der Waals surface area contributed by atoms with Crippen molar-refractivity contribution in [1.29, 1.82) is 0 Å². The summed E-state index contributed by atoms with van der Waals surface area (Å²) in [4.78, 5) is 11.4. The SMILES string of the molecule is CC(C)CC(CNC1CCCC1c1ccccc1Cl)C(=O)O. The van der Waals surface area contributed by atoms with Gasteiger partial charge in [-0.05, 0) is 36.8 Å².